The second-order valence-electron chi connectivity index (χ2n) is 5.60. The summed E-state index contributed by atoms with van der Waals surface area (Å²) >= 11 is 0. The number of amides is 1. The molecule has 0 atom stereocenters. The van der Waals surface area contributed by atoms with Crippen LogP contribution >= 0.6 is 0 Å². The van der Waals surface area contributed by atoms with Crippen LogP contribution in [0.3, 0.4) is 0 Å². The van der Waals surface area contributed by atoms with Crippen LogP contribution in [0.15, 0.2) is 30.3 Å². The summed E-state index contributed by atoms with van der Waals surface area (Å²) in [5.74, 6) is 0.592. The van der Waals surface area contributed by atoms with Crippen molar-refractivity contribution in [2.24, 2.45) is 5.92 Å². The lowest BCUT2D eigenvalue weighted by atomic mass is 10.1. The molecule has 0 spiro atoms. The summed E-state index contributed by atoms with van der Waals surface area (Å²) in [7, 11) is 0. The van der Waals surface area contributed by atoms with Crippen molar-refractivity contribution >= 4 is 5.91 Å². The summed E-state index contributed by atoms with van der Waals surface area (Å²) < 4.78 is 5.35. The molecular weight excluding hydrogens is 264 g/mol. The van der Waals surface area contributed by atoms with Gasteiger partial charge in [0.15, 0.2) is 0 Å². The van der Waals surface area contributed by atoms with Gasteiger partial charge in [0.25, 0.3) is 0 Å². The number of benzene rings is 1. The van der Waals surface area contributed by atoms with Crippen LogP contribution in [0, 0.1) is 5.92 Å². The number of ether oxygens (including phenoxy) is 1. The molecule has 1 aromatic carbocycles. The lowest BCUT2D eigenvalue weighted by molar-refractivity contribution is -0.125. The fraction of sp³-hybridized carbons (Fsp3) is 0.588. The van der Waals surface area contributed by atoms with Crippen LogP contribution in [0.2, 0.25) is 0 Å². The fourth-order valence-electron chi connectivity index (χ4n) is 1.84. The van der Waals surface area contributed by atoms with E-state index in [0.29, 0.717) is 12.5 Å². The number of nitrogens with one attached hydrogen (secondary N) is 2. The molecule has 0 aliphatic heterocycles. The second-order valence-corrected chi connectivity index (χ2v) is 5.60. The van der Waals surface area contributed by atoms with Crippen LogP contribution < -0.4 is 10.6 Å². The molecule has 1 rings (SSSR count). The Balaban J connectivity index is 1.89. The average Bonchev–Trinajstić information content (AvgIpc) is 2.47. The highest BCUT2D eigenvalue weighted by atomic mass is 16.5. The summed E-state index contributed by atoms with van der Waals surface area (Å²) in [6, 6.07) is 10.3. The zero-order chi connectivity index (χ0) is 15.3. The summed E-state index contributed by atoms with van der Waals surface area (Å²) in [6.45, 7) is 7.56. The normalized spacial score (nSPS) is 10.8. The Morgan fingerprint density at radius 1 is 1.19 bits per heavy atom. The van der Waals surface area contributed by atoms with E-state index in [9.17, 15) is 4.79 Å². The van der Waals surface area contributed by atoms with E-state index in [1.54, 1.807) is 0 Å². The predicted octanol–water partition coefficient (Wildman–Crippen LogP) is 2.35. The van der Waals surface area contributed by atoms with E-state index in [1.165, 1.54) is 5.56 Å². The first kappa shape index (κ1) is 17.7. The average molecular weight is 292 g/mol. The molecule has 118 valence electrons. The molecule has 0 aliphatic rings. The van der Waals surface area contributed by atoms with Crippen LogP contribution in [-0.4, -0.2) is 32.2 Å². The van der Waals surface area contributed by atoms with Crippen molar-refractivity contribution in [2.75, 3.05) is 26.3 Å². The standard InChI is InChI=1S/C17H28N2O2/c1-15(2)9-11-19-17(20)14-21-12-6-10-18-13-16-7-4-3-5-8-16/h3-5,7-8,15,18H,6,9-14H2,1-2H3,(H,19,20). The summed E-state index contributed by atoms with van der Waals surface area (Å²) in [4.78, 5) is 11.4. The first-order chi connectivity index (χ1) is 10.2. The second kappa shape index (κ2) is 11.3. The van der Waals surface area contributed by atoms with Crippen LogP contribution in [0.5, 0.6) is 0 Å². The summed E-state index contributed by atoms with van der Waals surface area (Å²) in [6.07, 6.45) is 1.92. The van der Waals surface area contributed by atoms with Gasteiger partial charge in [0, 0.05) is 19.7 Å². The Kier molecular flexibility index (Phi) is 9.49. The molecule has 1 aromatic rings. The van der Waals surface area contributed by atoms with Gasteiger partial charge in [-0.05, 0) is 30.9 Å². The SMILES string of the molecule is CC(C)CCNC(=O)COCCCNCc1ccccc1. The number of hydrogen-bond donors (Lipinski definition) is 2. The molecule has 1 amide bonds. The zero-order valence-electron chi connectivity index (χ0n) is 13.2. The van der Waals surface area contributed by atoms with Crippen molar-refractivity contribution in [1.29, 1.82) is 0 Å². The van der Waals surface area contributed by atoms with Crippen LogP contribution in [-0.2, 0) is 16.1 Å². The van der Waals surface area contributed by atoms with Gasteiger partial charge in [-0.25, -0.2) is 0 Å². The molecule has 4 heteroatoms. The zero-order valence-corrected chi connectivity index (χ0v) is 13.2. The lowest BCUT2D eigenvalue weighted by Crippen LogP contribution is -2.29. The highest BCUT2D eigenvalue weighted by Crippen LogP contribution is 1.97. The quantitative estimate of drug-likeness (QED) is 0.616. The Morgan fingerprint density at radius 3 is 2.67 bits per heavy atom. The smallest absolute Gasteiger partial charge is 0.245 e. The highest BCUT2D eigenvalue weighted by molar-refractivity contribution is 5.77. The van der Waals surface area contributed by atoms with Crippen LogP contribution in [0.25, 0.3) is 0 Å². The van der Waals surface area contributed by atoms with E-state index in [0.717, 1.165) is 32.5 Å². The van der Waals surface area contributed by atoms with E-state index in [4.69, 9.17) is 4.74 Å². The van der Waals surface area contributed by atoms with Crippen molar-refractivity contribution < 1.29 is 9.53 Å². The summed E-state index contributed by atoms with van der Waals surface area (Å²) in [5.41, 5.74) is 1.28. The van der Waals surface area contributed by atoms with Gasteiger partial charge in [0.1, 0.15) is 6.61 Å². The van der Waals surface area contributed by atoms with Gasteiger partial charge < -0.3 is 15.4 Å². The van der Waals surface area contributed by atoms with Crippen molar-refractivity contribution in [2.45, 2.75) is 33.2 Å². The molecule has 2 N–H and O–H groups in total. The third-order valence-corrected chi connectivity index (χ3v) is 3.09. The number of carbonyl (C=O) groups is 1. The minimum absolute atomic E-state index is 0.0205. The molecule has 0 saturated carbocycles. The van der Waals surface area contributed by atoms with E-state index in [-0.39, 0.29) is 12.5 Å². The van der Waals surface area contributed by atoms with Crippen molar-refractivity contribution in [3.8, 4) is 0 Å². The van der Waals surface area contributed by atoms with Gasteiger partial charge in [-0.1, -0.05) is 44.2 Å². The Bertz CT molecular complexity index is 380. The molecule has 0 aliphatic carbocycles. The third kappa shape index (κ3) is 10.0. The molecular formula is C17H28N2O2. The number of rotatable bonds is 11. The minimum atomic E-state index is -0.0205. The van der Waals surface area contributed by atoms with E-state index < -0.39 is 0 Å². The Morgan fingerprint density at radius 2 is 1.95 bits per heavy atom. The van der Waals surface area contributed by atoms with Gasteiger partial charge in [-0.2, -0.15) is 0 Å². The number of carbonyl (C=O) groups excluding carboxylic acids is 1. The third-order valence-electron chi connectivity index (χ3n) is 3.09. The molecule has 0 saturated heterocycles. The fourth-order valence-corrected chi connectivity index (χ4v) is 1.84. The van der Waals surface area contributed by atoms with Gasteiger partial charge in [0.2, 0.25) is 5.91 Å². The lowest BCUT2D eigenvalue weighted by Gasteiger charge is -2.08. The predicted molar refractivity (Wildman–Crippen MR) is 86.0 cm³/mol. The first-order valence-electron chi connectivity index (χ1n) is 7.77. The van der Waals surface area contributed by atoms with Gasteiger partial charge in [0.05, 0.1) is 0 Å². The minimum Gasteiger partial charge on any atom is -0.372 e. The van der Waals surface area contributed by atoms with E-state index >= 15 is 0 Å². The number of hydrogen-bond acceptors (Lipinski definition) is 3. The summed E-state index contributed by atoms with van der Waals surface area (Å²) in [5, 5.41) is 6.21. The molecule has 0 aromatic heterocycles. The van der Waals surface area contributed by atoms with Crippen LogP contribution in [0.1, 0.15) is 32.3 Å². The molecule has 0 radical (unpaired) electrons. The van der Waals surface area contributed by atoms with Crippen molar-refractivity contribution in [1.82, 2.24) is 10.6 Å². The first-order valence-corrected chi connectivity index (χ1v) is 7.77. The largest absolute Gasteiger partial charge is 0.372 e. The molecule has 0 bridgehead atoms. The molecule has 0 heterocycles. The van der Waals surface area contributed by atoms with Crippen molar-refractivity contribution in [3.63, 3.8) is 0 Å². The maximum Gasteiger partial charge on any atom is 0.245 e. The van der Waals surface area contributed by atoms with Crippen molar-refractivity contribution in [3.05, 3.63) is 35.9 Å². The topological polar surface area (TPSA) is 50.4 Å². The Hall–Kier alpha value is -1.39. The Labute approximate surface area is 128 Å². The molecule has 21 heavy (non-hydrogen) atoms. The molecule has 4 nitrogen and oxygen atoms in total. The maximum absolute atomic E-state index is 11.4. The highest BCUT2D eigenvalue weighted by Gasteiger charge is 2.01. The van der Waals surface area contributed by atoms with Gasteiger partial charge >= 0.3 is 0 Å². The van der Waals surface area contributed by atoms with E-state index in [1.807, 2.05) is 18.2 Å². The molecule has 0 fully saturated rings. The monoisotopic (exact) mass is 292 g/mol. The maximum atomic E-state index is 11.4. The molecule has 0 unspecified atom stereocenters. The van der Waals surface area contributed by atoms with Gasteiger partial charge in [-0.15, -0.1) is 0 Å². The van der Waals surface area contributed by atoms with Gasteiger partial charge in [-0.3, -0.25) is 4.79 Å². The van der Waals surface area contributed by atoms with Crippen LogP contribution in [0.4, 0.5) is 0 Å². The van der Waals surface area contributed by atoms with E-state index in [2.05, 4.69) is 36.6 Å².